The van der Waals surface area contributed by atoms with Gasteiger partial charge in [-0.3, -0.25) is 19.1 Å². The molecule has 4 aliphatic carbocycles. The molecule has 2 unspecified atom stereocenters. The molecule has 4 saturated carbocycles. The number of fused-ring (bicyclic) bond motifs is 3. The van der Waals surface area contributed by atoms with E-state index in [4.69, 9.17) is 19.2 Å². The summed E-state index contributed by atoms with van der Waals surface area (Å²) in [6.45, 7) is 8.10. The Kier molecular flexibility index (Phi) is 12.7. The molecule has 1 aromatic carbocycles. The molecule has 5 atom stereocenters. The second kappa shape index (κ2) is 17.9. The number of aromatic nitrogens is 1. The van der Waals surface area contributed by atoms with Crippen molar-refractivity contribution in [3.05, 3.63) is 36.4 Å². The summed E-state index contributed by atoms with van der Waals surface area (Å²) in [5, 5.41) is 9.62. The van der Waals surface area contributed by atoms with Crippen molar-refractivity contribution in [1.29, 1.82) is 0 Å². The van der Waals surface area contributed by atoms with E-state index < -0.39 is 68.7 Å². The molecule has 1 aromatic heterocycles. The zero-order valence-electron chi connectivity index (χ0n) is 36.5. The van der Waals surface area contributed by atoms with Gasteiger partial charge in [0.2, 0.25) is 21.8 Å². The standard InChI is InChI=1S/C46H64N6O9S/c1-5-30-25-46(30,43(55)51-62(57,58)33-18-19-33)50-41(53)36-22-32-26-52(36)42(54)40(28-13-8-6-9-14-28)49-44(56)60-27-45(2,3)20-12-15-29-21-34-35(23-37(29)59-4)48-39(24-38(34)61-32)47-31-16-10-7-11-17-31/h5,21,23-24,28,30-33,36,40H,1,6-20,22,25-27H2,2-4H3,(H,47,48)(H,49,56)(H,50,53)(H,51,55)/t30?,32-,36+,40+,46?/m1/s1. The van der Waals surface area contributed by atoms with Crippen molar-refractivity contribution in [3.8, 4) is 11.5 Å². The van der Waals surface area contributed by atoms with Gasteiger partial charge >= 0.3 is 6.09 Å². The molecule has 3 heterocycles. The van der Waals surface area contributed by atoms with Gasteiger partial charge in [-0.25, -0.2) is 18.2 Å². The number of nitrogens with one attached hydrogen (secondary N) is 4. The molecule has 0 spiro atoms. The molecule has 5 fully saturated rings. The third kappa shape index (κ3) is 9.64. The highest BCUT2D eigenvalue weighted by Crippen LogP contribution is 2.46. The van der Waals surface area contributed by atoms with Crippen molar-refractivity contribution in [1.82, 2.24) is 25.2 Å². The van der Waals surface area contributed by atoms with E-state index in [2.05, 4.69) is 47.2 Å². The van der Waals surface area contributed by atoms with Crippen LogP contribution in [0.1, 0.15) is 122 Å². The highest BCUT2D eigenvalue weighted by Gasteiger charge is 2.62. The van der Waals surface area contributed by atoms with Crippen molar-refractivity contribution in [2.75, 3.05) is 25.6 Å². The number of methoxy groups -OCH3 is 1. The maximum absolute atomic E-state index is 15.1. The Labute approximate surface area is 365 Å². The highest BCUT2D eigenvalue weighted by atomic mass is 32.2. The van der Waals surface area contributed by atoms with Crippen molar-refractivity contribution in [3.63, 3.8) is 0 Å². The topological polar surface area (TPSA) is 194 Å². The summed E-state index contributed by atoms with van der Waals surface area (Å²) >= 11 is 0. The number of alkyl carbamates (subject to hydrolysis) is 1. The summed E-state index contributed by atoms with van der Waals surface area (Å²) in [5.41, 5.74) is -0.262. The maximum atomic E-state index is 15.1. The summed E-state index contributed by atoms with van der Waals surface area (Å²) in [4.78, 5) is 63.7. The zero-order valence-corrected chi connectivity index (χ0v) is 37.3. The van der Waals surface area contributed by atoms with Crippen LogP contribution in [-0.4, -0.2) is 97.4 Å². The number of ether oxygens (including phenoxy) is 3. The average molecular weight is 877 g/mol. The number of hydrogen-bond acceptors (Lipinski definition) is 11. The van der Waals surface area contributed by atoms with E-state index in [1.807, 2.05) is 12.1 Å². The molecular weight excluding hydrogens is 813 g/mol. The lowest BCUT2D eigenvalue weighted by Gasteiger charge is -2.35. The van der Waals surface area contributed by atoms with E-state index >= 15 is 4.79 Å². The SMILES string of the molecule is C=CC1CC1(NC(=O)[C@@H]1C[C@@H]2CN1C(=O)[C@H](C1CCCCC1)NC(=O)OCC(C)(C)CCCc1cc3c(cc(NC4CCCCC4)nc3cc1OC)O2)C(=O)NS(=O)(=O)C1CC1. The van der Waals surface area contributed by atoms with Crippen molar-refractivity contribution >= 4 is 50.6 Å². The van der Waals surface area contributed by atoms with Crippen LogP contribution in [0.5, 0.6) is 11.5 Å². The summed E-state index contributed by atoms with van der Waals surface area (Å²) in [5.74, 6) is -0.638. The number of carbonyl (C=O) groups excluding carboxylic acids is 4. The Morgan fingerprint density at radius 3 is 2.40 bits per heavy atom. The fraction of sp³-hybridized carbons (Fsp3) is 0.674. The van der Waals surface area contributed by atoms with Gasteiger partial charge in [0, 0.05) is 35.9 Å². The van der Waals surface area contributed by atoms with E-state index in [-0.39, 0.29) is 43.4 Å². The molecule has 62 heavy (non-hydrogen) atoms. The number of anilines is 1. The van der Waals surface area contributed by atoms with Gasteiger partial charge in [-0.1, -0.05) is 58.4 Å². The number of cyclic esters (lactones) is 1. The molecule has 2 aliphatic heterocycles. The Morgan fingerprint density at radius 2 is 1.73 bits per heavy atom. The van der Waals surface area contributed by atoms with E-state index in [1.165, 1.54) is 17.4 Å². The number of sulfonamides is 1. The zero-order chi connectivity index (χ0) is 43.8. The third-order valence-electron chi connectivity index (χ3n) is 14.1. The van der Waals surface area contributed by atoms with Gasteiger partial charge in [0.05, 0.1) is 31.0 Å². The summed E-state index contributed by atoms with van der Waals surface area (Å²) in [7, 11) is -2.26. The van der Waals surface area contributed by atoms with Crippen LogP contribution in [-0.2, 0) is 35.6 Å². The fourth-order valence-corrected chi connectivity index (χ4v) is 11.5. The predicted octanol–water partition coefficient (Wildman–Crippen LogP) is 6.04. The van der Waals surface area contributed by atoms with Crippen LogP contribution in [0.15, 0.2) is 30.9 Å². The Hall–Kier alpha value is -4.60. The molecule has 4 bridgehead atoms. The van der Waals surface area contributed by atoms with Crippen LogP contribution >= 0.6 is 0 Å². The number of aryl methyl sites for hydroxylation is 1. The lowest BCUT2D eigenvalue weighted by Crippen LogP contribution is -2.59. The molecule has 15 nitrogen and oxygen atoms in total. The van der Waals surface area contributed by atoms with Gasteiger partial charge in [0.15, 0.2) is 0 Å². The van der Waals surface area contributed by atoms with Gasteiger partial charge in [-0.05, 0) is 87.2 Å². The van der Waals surface area contributed by atoms with Gasteiger partial charge in [-0.15, -0.1) is 6.58 Å². The Morgan fingerprint density at radius 1 is 1.00 bits per heavy atom. The van der Waals surface area contributed by atoms with E-state index in [0.717, 1.165) is 81.6 Å². The first-order valence-corrected chi connectivity index (χ1v) is 24.4. The Balaban J connectivity index is 1.17. The minimum atomic E-state index is -3.91. The predicted molar refractivity (Wildman–Crippen MR) is 234 cm³/mol. The van der Waals surface area contributed by atoms with Crippen LogP contribution in [0, 0.1) is 17.3 Å². The third-order valence-corrected chi connectivity index (χ3v) is 15.9. The normalized spacial score (nSPS) is 28.7. The van der Waals surface area contributed by atoms with Crippen molar-refractivity contribution in [2.24, 2.45) is 17.3 Å². The van der Waals surface area contributed by atoms with Crippen molar-refractivity contribution < 1.29 is 41.8 Å². The lowest BCUT2D eigenvalue weighted by atomic mass is 9.83. The van der Waals surface area contributed by atoms with Crippen LogP contribution in [0.2, 0.25) is 0 Å². The fourth-order valence-electron chi connectivity index (χ4n) is 10.1. The molecule has 2 aromatic rings. The molecule has 6 aliphatic rings. The number of hydrogen-bond donors (Lipinski definition) is 4. The van der Waals surface area contributed by atoms with E-state index in [0.29, 0.717) is 42.1 Å². The summed E-state index contributed by atoms with van der Waals surface area (Å²) < 4.78 is 46.7. The van der Waals surface area contributed by atoms with Crippen LogP contribution in [0.4, 0.5) is 10.6 Å². The number of amides is 4. The van der Waals surface area contributed by atoms with Crippen LogP contribution in [0.3, 0.4) is 0 Å². The number of carbonyl (C=O) groups is 4. The molecular formula is C46H64N6O9S. The first kappa shape index (κ1) is 44.0. The Bertz CT molecular complexity index is 2170. The minimum absolute atomic E-state index is 0.0161. The molecule has 338 valence electrons. The quantitative estimate of drug-likeness (QED) is 0.203. The van der Waals surface area contributed by atoms with Crippen molar-refractivity contribution in [2.45, 2.75) is 158 Å². The molecule has 8 rings (SSSR count). The second-order valence-corrected chi connectivity index (χ2v) is 21.4. The van der Waals surface area contributed by atoms with Gasteiger partial charge in [-0.2, -0.15) is 0 Å². The molecule has 0 radical (unpaired) electrons. The smallest absolute Gasteiger partial charge is 0.407 e. The van der Waals surface area contributed by atoms with Gasteiger partial charge in [0.1, 0.15) is 41.0 Å². The highest BCUT2D eigenvalue weighted by molar-refractivity contribution is 7.91. The van der Waals surface area contributed by atoms with Gasteiger partial charge < -0.3 is 35.1 Å². The molecule has 4 N–H and O–H groups in total. The van der Waals surface area contributed by atoms with E-state index in [1.54, 1.807) is 7.11 Å². The first-order chi connectivity index (χ1) is 29.7. The second-order valence-electron chi connectivity index (χ2n) is 19.4. The molecule has 16 heteroatoms. The minimum Gasteiger partial charge on any atom is -0.496 e. The number of pyridine rings is 1. The van der Waals surface area contributed by atoms with Gasteiger partial charge in [0.25, 0.3) is 5.91 Å². The maximum Gasteiger partial charge on any atom is 0.407 e. The van der Waals surface area contributed by atoms with Crippen LogP contribution in [0.25, 0.3) is 10.9 Å². The molecule has 4 amide bonds. The van der Waals surface area contributed by atoms with E-state index in [9.17, 15) is 22.8 Å². The first-order valence-electron chi connectivity index (χ1n) is 22.9. The number of nitrogens with zero attached hydrogens (tertiary/aromatic N) is 2. The summed E-state index contributed by atoms with van der Waals surface area (Å²) in [6, 6.07) is 4.09. The number of rotatable bonds is 10. The average Bonchev–Trinajstić information content (AvgIpc) is 4.19. The lowest BCUT2D eigenvalue weighted by molar-refractivity contribution is -0.142. The number of benzene rings is 1. The monoisotopic (exact) mass is 876 g/mol. The van der Waals surface area contributed by atoms with Crippen LogP contribution < -0.4 is 30.1 Å². The molecule has 1 saturated heterocycles. The summed E-state index contributed by atoms with van der Waals surface area (Å²) in [6.07, 6.45) is 13.4. The largest absolute Gasteiger partial charge is 0.496 e.